The molecule has 1 aromatic rings. The van der Waals surface area contributed by atoms with Gasteiger partial charge in [-0.1, -0.05) is 17.7 Å². The summed E-state index contributed by atoms with van der Waals surface area (Å²) in [5.41, 5.74) is 8.06. The molecule has 0 spiro atoms. The van der Waals surface area contributed by atoms with E-state index in [0.29, 0.717) is 0 Å². The van der Waals surface area contributed by atoms with Crippen molar-refractivity contribution in [2.24, 2.45) is 5.73 Å². The van der Waals surface area contributed by atoms with Crippen LogP contribution >= 0.6 is 0 Å². The van der Waals surface area contributed by atoms with Gasteiger partial charge in [0.2, 0.25) is 0 Å². The van der Waals surface area contributed by atoms with Crippen molar-refractivity contribution in [3.63, 3.8) is 0 Å². The van der Waals surface area contributed by atoms with Crippen LogP contribution in [-0.2, 0) is 4.79 Å². The maximum absolute atomic E-state index is 12.1. The molecule has 1 atom stereocenters. The van der Waals surface area contributed by atoms with Gasteiger partial charge in [-0.05, 0) is 39.2 Å². The first-order valence-corrected chi connectivity index (χ1v) is 7.34. The van der Waals surface area contributed by atoms with E-state index in [1.807, 2.05) is 36.9 Å². The summed E-state index contributed by atoms with van der Waals surface area (Å²) in [6.45, 7) is 5.76. The molecule has 1 aliphatic rings. The Bertz CT molecular complexity index is 466. The molecular weight excluding hydrogens is 252 g/mol. The largest absolute Gasteiger partial charge is 0.483 e. The van der Waals surface area contributed by atoms with Crippen LogP contribution in [0.15, 0.2) is 18.2 Å². The van der Waals surface area contributed by atoms with Crippen LogP contribution in [0, 0.1) is 6.92 Å². The highest BCUT2D eigenvalue weighted by Gasteiger charge is 2.17. The van der Waals surface area contributed by atoms with Crippen molar-refractivity contribution >= 4 is 5.91 Å². The van der Waals surface area contributed by atoms with Crippen molar-refractivity contribution in [3.8, 4) is 5.75 Å². The second-order valence-electron chi connectivity index (χ2n) is 5.56. The maximum atomic E-state index is 12.1. The SMILES string of the molecule is Cc1ccc(OCC(=O)N2CCCCC2)c([C@H](C)N)c1. The van der Waals surface area contributed by atoms with E-state index in [2.05, 4.69) is 0 Å². The number of rotatable bonds is 4. The van der Waals surface area contributed by atoms with Crippen LogP contribution in [0.5, 0.6) is 5.75 Å². The van der Waals surface area contributed by atoms with Crippen LogP contribution in [0.2, 0.25) is 0 Å². The summed E-state index contributed by atoms with van der Waals surface area (Å²) < 4.78 is 5.70. The van der Waals surface area contributed by atoms with Gasteiger partial charge < -0.3 is 15.4 Å². The summed E-state index contributed by atoms with van der Waals surface area (Å²) in [6, 6.07) is 5.80. The molecule has 1 saturated heterocycles. The Hall–Kier alpha value is -1.55. The van der Waals surface area contributed by atoms with Crippen LogP contribution in [0.3, 0.4) is 0 Å². The lowest BCUT2D eigenvalue weighted by molar-refractivity contribution is -0.134. The third-order valence-electron chi connectivity index (χ3n) is 3.72. The molecule has 1 amide bonds. The number of amides is 1. The quantitative estimate of drug-likeness (QED) is 0.918. The molecular formula is C16H24N2O2. The molecule has 1 aliphatic heterocycles. The first-order valence-electron chi connectivity index (χ1n) is 7.34. The summed E-state index contributed by atoms with van der Waals surface area (Å²) in [6.07, 6.45) is 3.42. The lowest BCUT2D eigenvalue weighted by atomic mass is 10.1. The highest BCUT2D eigenvalue weighted by molar-refractivity contribution is 5.77. The van der Waals surface area contributed by atoms with Crippen molar-refractivity contribution < 1.29 is 9.53 Å². The van der Waals surface area contributed by atoms with Crippen LogP contribution in [0.4, 0.5) is 0 Å². The lowest BCUT2D eigenvalue weighted by Crippen LogP contribution is -2.38. The summed E-state index contributed by atoms with van der Waals surface area (Å²) in [7, 11) is 0. The predicted octanol–water partition coefficient (Wildman–Crippen LogP) is 2.41. The molecule has 4 heteroatoms. The zero-order valence-electron chi connectivity index (χ0n) is 12.4. The van der Waals surface area contributed by atoms with Crippen molar-refractivity contribution in [2.75, 3.05) is 19.7 Å². The average Bonchev–Trinajstić information content (AvgIpc) is 2.46. The van der Waals surface area contributed by atoms with E-state index in [1.165, 1.54) is 6.42 Å². The number of likely N-dealkylation sites (tertiary alicyclic amines) is 1. The van der Waals surface area contributed by atoms with E-state index in [-0.39, 0.29) is 18.6 Å². The predicted molar refractivity (Wildman–Crippen MR) is 79.7 cm³/mol. The Morgan fingerprint density at radius 2 is 2.05 bits per heavy atom. The van der Waals surface area contributed by atoms with Gasteiger partial charge in [0.15, 0.2) is 6.61 Å². The molecule has 2 rings (SSSR count). The Kier molecular flexibility index (Phi) is 5.01. The van der Waals surface area contributed by atoms with Gasteiger partial charge in [-0.15, -0.1) is 0 Å². The van der Waals surface area contributed by atoms with Gasteiger partial charge in [-0.25, -0.2) is 0 Å². The number of hydrogen-bond donors (Lipinski definition) is 1. The van der Waals surface area contributed by atoms with Crippen molar-refractivity contribution in [1.29, 1.82) is 0 Å². The number of carbonyl (C=O) groups excluding carboxylic acids is 1. The second kappa shape index (κ2) is 6.75. The summed E-state index contributed by atoms with van der Waals surface area (Å²) in [5.74, 6) is 0.789. The fourth-order valence-corrected chi connectivity index (χ4v) is 2.53. The lowest BCUT2D eigenvalue weighted by Gasteiger charge is -2.26. The van der Waals surface area contributed by atoms with Crippen molar-refractivity contribution in [3.05, 3.63) is 29.3 Å². The number of hydrogen-bond acceptors (Lipinski definition) is 3. The molecule has 0 bridgehead atoms. The van der Waals surface area contributed by atoms with E-state index < -0.39 is 0 Å². The molecule has 4 nitrogen and oxygen atoms in total. The highest BCUT2D eigenvalue weighted by atomic mass is 16.5. The van der Waals surface area contributed by atoms with Gasteiger partial charge in [0.1, 0.15) is 5.75 Å². The van der Waals surface area contributed by atoms with Crippen LogP contribution in [0.1, 0.15) is 43.4 Å². The van der Waals surface area contributed by atoms with Crippen LogP contribution in [0.25, 0.3) is 0 Å². The zero-order chi connectivity index (χ0) is 14.5. The first kappa shape index (κ1) is 14.9. The first-order chi connectivity index (χ1) is 9.58. The average molecular weight is 276 g/mol. The molecule has 0 aliphatic carbocycles. The highest BCUT2D eigenvalue weighted by Crippen LogP contribution is 2.25. The minimum absolute atomic E-state index is 0.0703. The number of nitrogens with zero attached hydrogens (tertiary/aromatic N) is 1. The summed E-state index contributed by atoms with van der Waals surface area (Å²) >= 11 is 0. The molecule has 110 valence electrons. The third-order valence-corrected chi connectivity index (χ3v) is 3.72. The van der Waals surface area contributed by atoms with E-state index in [1.54, 1.807) is 0 Å². The Morgan fingerprint density at radius 1 is 1.35 bits per heavy atom. The molecule has 2 N–H and O–H groups in total. The summed E-state index contributed by atoms with van der Waals surface area (Å²) in [5, 5.41) is 0. The van der Waals surface area contributed by atoms with Gasteiger partial charge in [-0.2, -0.15) is 0 Å². The number of benzene rings is 1. The molecule has 20 heavy (non-hydrogen) atoms. The monoisotopic (exact) mass is 276 g/mol. The smallest absolute Gasteiger partial charge is 0.260 e. The standard InChI is InChI=1S/C16H24N2O2/c1-12-6-7-15(14(10-12)13(2)17)20-11-16(19)18-8-4-3-5-9-18/h6-7,10,13H,3-5,8-9,11,17H2,1-2H3/t13-/m0/s1. The number of piperidine rings is 1. The Labute approximate surface area is 120 Å². The van der Waals surface area contributed by atoms with E-state index in [0.717, 1.165) is 42.8 Å². The summed E-state index contributed by atoms with van der Waals surface area (Å²) in [4.78, 5) is 14.0. The van der Waals surface area contributed by atoms with Crippen molar-refractivity contribution in [1.82, 2.24) is 4.90 Å². The normalized spacial score (nSPS) is 16.9. The minimum atomic E-state index is -0.102. The fraction of sp³-hybridized carbons (Fsp3) is 0.562. The molecule has 0 unspecified atom stereocenters. The van der Waals surface area contributed by atoms with Crippen LogP contribution < -0.4 is 10.5 Å². The Balaban J connectivity index is 1.98. The fourth-order valence-electron chi connectivity index (χ4n) is 2.53. The van der Waals surface area contributed by atoms with Crippen molar-refractivity contribution in [2.45, 2.75) is 39.2 Å². The van der Waals surface area contributed by atoms with Crippen LogP contribution in [-0.4, -0.2) is 30.5 Å². The van der Waals surface area contributed by atoms with Gasteiger partial charge in [-0.3, -0.25) is 4.79 Å². The van der Waals surface area contributed by atoms with E-state index >= 15 is 0 Å². The number of carbonyl (C=O) groups is 1. The van der Waals surface area contributed by atoms with Gasteiger partial charge in [0, 0.05) is 24.7 Å². The number of aryl methyl sites for hydroxylation is 1. The third kappa shape index (κ3) is 3.73. The zero-order valence-corrected chi connectivity index (χ0v) is 12.4. The van der Waals surface area contributed by atoms with Gasteiger partial charge in [0.05, 0.1) is 0 Å². The Morgan fingerprint density at radius 3 is 2.70 bits per heavy atom. The van der Waals surface area contributed by atoms with Gasteiger partial charge >= 0.3 is 0 Å². The van der Waals surface area contributed by atoms with E-state index in [4.69, 9.17) is 10.5 Å². The molecule has 1 heterocycles. The molecule has 0 saturated carbocycles. The topological polar surface area (TPSA) is 55.6 Å². The molecule has 1 aromatic carbocycles. The molecule has 0 radical (unpaired) electrons. The minimum Gasteiger partial charge on any atom is -0.483 e. The number of ether oxygens (including phenoxy) is 1. The maximum Gasteiger partial charge on any atom is 0.260 e. The molecule has 0 aromatic heterocycles. The van der Waals surface area contributed by atoms with E-state index in [9.17, 15) is 4.79 Å². The second-order valence-corrected chi connectivity index (χ2v) is 5.56. The number of nitrogens with two attached hydrogens (primary N) is 1. The molecule has 1 fully saturated rings. The van der Waals surface area contributed by atoms with Gasteiger partial charge in [0.25, 0.3) is 5.91 Å².